The Kier molecular flexibility index (Phi) is 3.86. The highest BCUT2D eigenvalue weighted by Gasteiger charge is 2.32. The van der Waals surface area contributed by atoms with E-state index in [1.54, 1.807) is 10.9 Å². The van der Waals surface area contributed by atoms with Crippen LogP contribution in [0.15, 0.2) is 12.4 Å². The molecule has 1 aromatic heterocycles. The van der Waals surface area contributed by atoms with Gasteiger partial charge in [-0.15, -0.1) is 0 Å². The summed E-state index contributed by atoms with van der Waals surface area (Å²) in [6, 6.07) is 0. The fourth-order valence-electron chi connectivity index (χ4n) is 1.83. The maximum absolute atomic E-state index is 5.79. The number of nitrogens with zero attached hydrogens (tertiary/aromatic N) is 2. The molecule has 0 atom stereocenters. The average Bonchev–Trinajstić information content (AvgIpc) is 2.74. The zero-order chi connectivity index (χ0) is 11.4. The third kappa shape index (κ3) is 2.77. The standard InChI is InChI=1S/C11H17BrN2O2/c1-14-7-10(6-13-14)16-9-11(8-12)2-4-15-5-3-11/h6-7H,2-5,8-9H2,1H3. The van der Waals surface area contributed by atoms with Crippen molar-refractivity contribution in [3.63, 3.8) is 0 Å². The van der Waals surface area contributed by atoms with Crippen LogP contribution >= 0.6 is 15.9 Å². The van der Waals surface area contributed by atoms with E-state index in [4.69, 9.17) is 9.47 Å². The average molecular weight is 289 g/mol. The van der Waals surface area contributed by atoms with Gasteiger partial charge in [-0.25, -0.2) is 0 Å². The van der Waals surface area contributed by atoms with Gasteiger partial charge in [0, 0.05) is 31.0 Å². The molecule has 0 unspecified atom stereocenters. The molecule has 1 aromatic rings. The molecule has 16 heavy (non-hydrogen) atoms. The Morgan fingerprint density at radius 3 is 2.88 bits per heavy atom. The molecule has 0 amide bonds. The van der Waals surface area contributed by atoms with Crippen molar-refractivity contribution in [3.8, 4) is 5.75 Å². The molecule has 0 aromatic carbocycles. The third-order valence-electron chi connectivity index (χ3n) is 3.06. The minimum absolute atomic E-state index is 0.216. The van der Waals surface area contributed by atoms with Crippen LogP contribution in [-0.4, -0.2) is 34.9 Å². The molecule has 1 aliphatic rings. The predicted octanol–water partition coefficient (Wildman–Crippen LogP) is 1.99. The zero-order valence-corrected chi connectivity index (χ0v) is 11.1. The van der Waals surface area contributed by atoms with E-state index in [1.165, 1.54) is 0 Å². The number of hydrogen-bond donors (Lipinski definition) is 0. The fraction of sp³-hybridized carbons (Fsp3) is 0.727. The second-order valence-corrected chi connectivity index (χ2v) is 4.95. The smallest absolute Gasteiger partial charge is 0.157 e. The van der Waals surface area contributed by atoms with E-state index in [0.29, 0.717) is 0 Å². The van der Waals surface area contributed by atoms with Crippen LogP contribution in [-0.2, 0) is 11.8 Å². The van der Waals surface area contributed by atoms with Gasteiger partial charge < -0.3 is 9.47 Å². The summed E-state index contributed by atoms with van der Waals surface area (Å²) in [6.45, 7) is 2.40. The Morgan fingerprint density at radius 1 is 1.56 bits per heavy atom. The van der Waals surface area contributed by atoms with Gasteiger partial charge in [-0.2, -0.15) is 5.10 Å². The molecule has 5 heteroatoms. The summed E-state index contributed by atoms with van der Waals surface area (Å²) in [6.07, 6.45) is 5.75. The van der Waals surface area contributed by atoms with E-state index in [9.17, 15) is 0 Å². The fourth-order valence-corrected chi connectivity index (χ4v) is 2.55. The highest BCUT2D eigenvalue weighted by Crippen LogP contribution is 2.33. The number of halogens is 1. The molecule has 0 radical (unpaired) electrons. The molecule has 4 nitrogen and oxygen atoms in total. The van der Waals surface area contributed by atoms with Crippen molar-refractivity contribution in [1.29, 1.82) is 0 Å². The number of hydrogen-bond acceptors (Lipinski definition) is 3. The maximum Gasteiger partial charge on any atom is 0.157 e. The summed E-state index contributed by atoms with van der Waals surface area (Å²) in [5.74, 6) is 0.842. The lowest BCUT2D eigenvalue weighted by molar-refractivity contribution is 0.00353. The Bertz CT molecular complexity index is 334. The first-order valence-electron chi connectivity index (χ1n) is 5.49. The van der Waals surface area contributed by atoms with Crippen molar-refractivity contribution in [2.75, 3.05) is 25.2 Å². The molecule has 0 bridgehead atoms. The third-order valence-corrected chi connectivity index (χ3v) is 4.25. The molecule has 1 fully saturated rings. The Hall–Kier alpha value is -0.550. The molecule has 0 aliphatic carbocycles. The van der Waals surface area contributed by atoms with Gasteiger partial charge in [0.1, 0.15) is 0 Å². The van der Waals surface area contributed by atoms with Crippen molar-refractivity contribution in [1.82, 2.24) is 9.78 Å². The van der Waals surface area contributed by atoms with Gasteiger partial charge in [-0.3, -0.25) is 4.68 Å². The largest absolute Gasteiger partial charge is 0.490 e. The maximum atomic E-state index is 5.79. The summed E-state index contributed by atoms with van der Waals surface area (Å²) in [4.78, 5) is 0. The van der Waals surface area contributed by atoms with Gasteiger partial charge in [0.2, 0.25) is 0 Å². The van der Waals surface area contributed by atoms with E-state index in [-0.39, 0.29) is 5.41 Å². The highest BCUT2D eigenvalue weighted by atomic mass is 79.9. The van der Waals surface area contributed by atoms with Crippen LogP contribution in [0.2, 0.25) is 0 Å². The molecule has 1 aliphatic heterocycles. The van der Waals surface area contributed by atoms with Crippen LogP contribution in [0.5, 0.6) is 5.75 Å². The first-order chi connectivity index (χ1) is 7.74. The second kappa shape index (κ2) is 5.19. The number of aromatic nitrogens is 2. The first-order valence-corrected chi connectivity index (χ1v) is 6.61. The quantitative estimate of drug-likeness (QED) is 0.795. The Labute approximate surface area is 104 Å². The van der Waals surface area contributed by atoms with Crippen LogP contribution in [0.1, 0.15) is 12.8 Å². The van der Waals surface area contributed by atoms with E-state index < -0.39 is 0 Å². The van der Waals surface area contributed by atoms with Crippen LogP contribution in [0, 0.1) is 5.41 Å². The predicted molar refractivity (Wildman–Crippen MR) is 65.0 cm³/mol. The zero-order valence-electron chi connectivity index (χ0n) is 9.49. The van der Waals surface area contributed by atoms with Crippen molar-refractivity contribution >= 4 is 15.9 Å². The molecule has 90 valence electrons. The van der Waals surface area contributed by atoms with Crippen LogP contribution in [0.4, 0.5) is 0 Å². The van der Waals surface area contributed by atoms with Gasteiger partial charge in [0.15, 0.2) is 5.75 Å². The topological polar surface area (TPSA) is 36.3 Å². The summed E-state index contributed by atoms with van der Waals surface area (Å²) in [7, 11) is 1.89. The van der Waals surface area contributed by atoms with Gasteiger partial charge >= 0.3 is 0 Å². The summed E-state index contributed by atoms with van der Waals surface area (Å²) in [5.41, 5.74) is 0.216. The monoisotopic (exact) mass is 288 g/mol. The van der Waals surface area contributed by atoms with Gasteiger partial charge in [0.25, 0.3) is 0 Å². The van der Waals surface area contributed by atoms with Crippen LogP contribution in [0.3, 0.4) is 0 Å². The van der Waals surface area contributed by atoms with Crippen molar-refractivity contribution in [3.05, 3.63) is 12.4 Å². The molecule has 0 spiro atoms. The first kappa shape index (κ1) is 11.9. The lowest BCUT2D eigenvalue weighted by Crippen LogP contribution is -2.36. The summed E-state index contributed by atoms with van der Waals surface area (Å²) >= 11 is 3.59. The number of rotatable bonds is 4. The number of aryl methyl sites for hydroxylation is 1. The summed E-state index contributed by atoms with van der Waals surface area (Å²) in [5, 5.41) is 5.05. The molecule has 2 heterocycles. The Balaban J connectivity index is 1.91. The number of ether oxygens (including phenoxy) is 2. The van der Waals surface area contributed by atoms with Gasteiger partial charge in [0.05, 0.1) is 19.0 Å². The Morgan fingerprint density at radius 2 is 2.31 bits per heavy atom. The van der Waals surface area contributed by atoms with Crippen molar-refractivity contribution < 1.29 is 9.47 Å². The molecular weight excluding hydrogens is 272 g/mol. The SMILES string of the molecule is Cn1cc(OCC2(CBr)CCOCC2)cn1. The number of alkyl halides is 1. The van der Waals surface area contributed by atoms with E-state index in [2.05, 4.69) is 21.0 Å². The lowest BCUT2D eigenvalue weighted by atomic mass is 9.83. The highest BCUT2D eigenvalue weighted by molar-refractivity contribution is 9.09. The molecule has 1 saturated heterocycles. The van der Waals surface area contributed by atoms with E-state index in [0.717, 1.165) is 43.7 Å². The molecule has 0 N–H and O–H groups in total. The van der Waals surface area contributed by atoms with E-state index in [1.807, 2.05) is 13.2 Å². The van der Waals surface area contributed by atoms with Crippen LogP contribution in [0.25, 0.3) is 0 Å². The summed E-state index contributed by atoms with van der Waals surface area (Å²) < 4.78 is 12.9. The van der Waals surface area contributed by atoms with Crippen molar-refractivity contribution in [2.45, 2.75) is 12.8 Å². The minimum atomic E-state index is 0.216. The molecule has 0 saturated carbocycles. The lowest BCUT2D eigenvalue weighted by Gasteiger charge is -2.35. The van der Waals surface area contributed by atoms with E-state index >= 15 is 0 Å². The van der Waals surface area contributed by atoms with Gasteiger partial charge in [-0.05, 0) is 12.8 Å². The normalized spacial score (nSPS) is 19.6. The minimum Gasteiger partial charge on any atom is -0.490 e. The van der Waals surface area contributed by atoms with Crippen molar-refractivity contribution in [2.24, 2.45) is 12.5 Å². The second-order valence-electron chi connectivity index (χ2n) is 4.38. The van der Waals surface area contributed by atoms with Gasteiger partial charge in [-0.1, -0.05) is 15.9 Å². The molecule has 2 rings (SSSR count). The van der Waals surface area contributed by atoms with Crippen LogP contribution < -0.4 is 4.74 Å². The molecular formula is C11H17BrN2O2.